The summed E-state index contributed by atoms with van der Waals surface area (Å²) in [6.45, 7) is 6.84. The molecule has 0 aliphatic heterocycles. The second-order valence-corrected chi connectivity index (χ2v) is 7.49. The van der Waals surface area contributed by atoms with Gasteiger partial charge in [-0.3, -0.25) is 9.48 Å². The van der Waals surface area contributed by atoms with E-state index in [1.165, 1.54) is 0 Å². The van der Waals surface area contributed by atoms with Crippen LogP contribution in [0.1, 0.15) is 42.1 Å². The van der Waals surface area contributed by atoms with Crippen LogP contribution in [-0.2, 0) is 13.0 Å². The largest absolute Gasteiger partial charge is 0.469 e. The summed E-state index contributed by atoms with van der Waals surface area (Å²) in [6, 6.07) is 5.77. The molecule has 0 bridgehead atoms. The quantitative estimate of drug-likeness (QED) is 0.468. The van der Waals surface area contributed by atoms with Gasteiger partial charge in [-0.2, -0.15) is 10.2 Å². The number of rotatable bonds is 7. The van der Waals surface area contributed by atoms with E-state index in [0.29, 0.717) is 11.2 Å². The van der Waals surface area contributed by atoms with Crippen molar-refractivity contribution in [1.29, 1.82) is 0 Å². The maximum absolute atomic E-state index is 13.2. The molecule has 0 aromatic carbocycles. The van der Waals surface area contributed by atoms with E-state index in [2.05, 4.69) is 15.2 Å². The first-order chi connectivity index (χ1) is 14.5. The smallest absolute Gasteiger partial charge is 0.259 e. The minimum absolute atomic E-state index is 0.0470. The van der Waals surface area contributed by atoms with Gasteiger partial charge in [0.05, 0.1) is 23.8 Å². The summed E-state index contributed by atoms with van der Waals surface area (Å²) < 4.78 is 9.01. The Balaban J connectivity index is 1.60. The number of carbonyl (C=O) groups is 1. The van der Waals surface area contributed by atoms with E-state index < -0.39 is 0 Å². The van der Waals surface area contributed by atoms with Crippen LogP contribution in [0.4, 0.5) is 0 Å². The van der Waals surface area contributed by atoms with Gasteiger partial charge in [0.2, 0.25) is 0 Å². The van der Waals surface area contributed by atoms with E-state index in [-0.39, 0.29) is 11.9 Å². The van der Waals surface area contributed by atoms with Gasteiger partial charge in [0.1, 0.15) is 11.3 Å². The van der Waals surface area contributed by atoms with Gasteiger partial charge in [-0.1, -0.05) is 0 Å². The van der Waals surface area contributed by atoms with Crippen LogP contribution in [0.3, 0.4) is 0 Å². The van der Waals surface area contributed by atoms with Crippen LogP contribution in [0.15, 0.2) is 47.5 Å². The van der Waals surface area contributed by atoms with Crippen molar-refractivity contribution in [3.8, 4) is 11.3 Å². The first kappa shape index (κ1) is 19.9. The molecule has 4 rings (SSSR count). The van der Waals surface area contributed by atoms with Gasteiger partial charge < -0.3 is 9.32 Å². The summed E-state index contributed by atoms with van der Waals surface area (Å²) >= 11 is 0. The average Bonchev–Trinajstić information content (AvgIpc) is 3.50. The Morgan fingerprint density at radius 2 is 2.17 bits per heavy atom. The number of aromatic nitrogens is 5. The molecule has 0 aliphatic carbocycles. The first-order valence-electron chi connectivity index (χ1n) is 10.2. The van der Waals surface area contributed by atoms with Crippen LogP contribution in [0, 0.1) is 6.92 Å². The molecule has 0 saturated heterocycles. The third-order valence-electron chi connectivity index (χ3n) is 5.55. The Bertz CT molecular complexity index is 1160. The highest BCUT2D eigenvalue weighted by Crippen LogP contribution is 2.24. The molecule has 1 unspecified atom stereocenters. The van der Waals surface area contributed by atoms with E-state index >= 15 is 0 Å². The lowest BCUT2D eigenvalue weighted by molar-refractivity contribution is 0.0738. The zero-order chi connectivity index (χ0) is 21.3. The predicted molar refractivity (Wildman–Crippen MR) is 113 cm³/mol. The summed E-state index contributed by atoms with van der Waals surface area (Å²) in [5.41, 5.74) is 3.80. The normalized spacial score (nSPS) is 12.4. The molecule has 4 aromatic rings. The summed E-state index contributed by atoms with van der Waals surface area (Å²) in [4.78, 5) is 19.4. The van der Waals surface area contributed by atoms with Crippen LogP contribution in [0.25, 0.3) is 16.9 Å². The fourth-order valence-corrected chi connectivity index (χ4v) is 3.57. The molecule has 4 aromatic heterocycles. The topological polar surface area (TPSA) is 81.5 Å². The molecular weight excluding hydrogens is 380 g/mol. The van der Waals surface area contributed by atoms with Crippen molar-refractivity contribution in [2.75, 3.05) is 7.05 Å². The van der Waals surface area contributed by atoms with Gasteiger partial charge in [0.25, 0.3) is 5.91 Å². The molecule has 30 heavy (non-hydrogen) atoms. The minimum Gasteiger partial charge on any atom is -0.469 e. The third kappa shape index (κ3) is 3.60. The van der Waals surface area contributed by atoms with E-state index in [1.807, 2.05) is 56.9 Å². The molecule has 8 nitrogen and oxygen atoms in total. The summed E-state index contributed by atoms with van der Waals surface area (Å²) in [7, 11) is 1.82. The van der Waals surface area contributed by atoms with Gasteiger partial charge in [-0.05, 0) is 45.4 Å². The zero-order valence-electron chi connectivity index (χ0n) is 17.7. The lowest BCUT2D eigenvalue weighted by atomic mass is 10.1. The van der Waals surface area contributed by atoms with Crippen molar-refractivity contribution in [3.05, 3.63) is 60.1 Å². The number of nitrogens with zero attached hydrogens (tertiary/aromatic N) is 6. The van der Waals surface area contributed by atoms with Gasteiger partial charge >= 0.3 is 0 Å². The summed E-state index contributed by atoms with van der Waals surface area (Å²) in [5.74, 6) is 0.829. The molecule has 156 valence electrons. The molecule has 4 heterocycles. The lowest BCUT2D eigenvalue weighted by Gasteiger charge is -2.24. The Kier molecular flexibility index (Phi) is 5.39. The number of aryl methyl sites for hydroxylation is 3. The molecular formula is C22H26N6O2. The monoisotopic (exact) mass is 406 g/mol. The fraction of sp³-hybridized carbons (Fsp3) is 0.364. The lowest BCUT2D eigenvalue weighted by Crippen LogP contribution is -2.35. The third-order valence-corrected chi connectivity index (χ3v) is 5.55. The highest BCUT2D eigenvalue weighted by molar-refractivity contribution is 6.00. The van der Waals surface area contributed by atoms with Crippen molar-refractivity contribution in [3.63, 3.8) is 0 Å². The number of amides is 1. The van der Waals surface area contributed by atoms with Crippen molar-refractivity contribution in [2.45, 2.75) is 46.2 Å². The van der Waals surface area contributed by atoms with Crippen LogP contribution < -0.4 is 0 Å². The fourth-order valence-electron chi connectivity index (χ4n) is 3.57. The second-order valence-electron chi connectivity index (χ2n) is 7.49. The summed E-state index contributed by atoms with van der Waals surface area (Å²) in [5, 5.41) is 8.99. The Morgan fingerprint density at radius 1 is 1.33 bits per heavy atom. The standard InChI is InChI=1S/C22H26N6O2/c1-5-27-14-19(16(3)25-27)20-10-11-23-21-18(13-24-28(20)21)22(29)26(4)15(2)8-9-17-7-6-12-30-17/h6-7,10-15H,5,8-9H2,1-4H3. The molecule has 1 amide bonds. The average molecular weight is 406 g/mol. The molecule has 0 N–H and O–H groups in total. The van der Waals surface area contributed by atoms with E-state index in [0.717, 1.165) is 42.1 Å². The molecule has 0 spiro atoms. The van der Waals surface area contributed by atoms with Crippen molar-refractivity contribution in [2.24, 2.45) is 0 Å². The van der Waals surface area contributed by atoms with E-state index in [4.69, 9.17) is 4.42 Å². The number of carbonyl (C=O) groups excluding carboxylic acids is 1. The maximum atomic E-state index is 13.2. The second kappa shape index (κ2) is 8.14. The Labute approximate surface area is 175 Å². The maximum Gasteiger partial charge on any atom is 0.259 e. The van der Waals surface area contributed by atoms with Crippen LogP contribution in [0.2, 0.25) is 0 Å². The van der Waals surface area contributed by atoms with Crippen LogP contribution in [0.5, 0.6) is 0 Å². The van der Waals surface area contributed by atoms with Crippen molar-refractivity contribution >= 4 is 11.6 Å². The van der Waals surface area contributed by atoms with Crippen LogP contribution in [-0.4, -0.2) is 48.3 Å². The minimum atomic E-state index is -0.0948. The van der Waals surface area contributed by atoms with Crippen LogP contribution >= 0.6 is 0 Å². The zero-order valence-corrected chi connectivity index (χ0v) is 17.7. The van der Waals surface area contributed by atoms with E-state index in [9.17, 15) is 4.79 Å². The van der Waals surface area contributed by atoms with Gasteiger partial charge in [-0.25, -0.2) is 9.50 Å². The molecule has 0 radical (unpaired) electrons. The number of hydrogen-bond acceptors (Lipinski definition) is 5. The van der Waals surface area contributed by atoms with Crippen molar-refractivity contribution in [1.82, 2.24) is 29.3 Å². The molecule has 0 fully saturated rings. The highest BCUT2D eigenvalue weighted by Gasteiger charge is 2.23. The molecule has 0 saturated carbocycles. The predicted octanol–water partition coefficient (Wildman–Crippen LogP) is 3.61. The molecule has 8 heteroatoms. The number of fused-ring (bicyclic) bond motifs is 1. The number of furan rings is 1. The Morgan fingerprint density at radius 3 is 2.87 bits per heavy atom. The summed E-state index contributed by atoms with van der Waals surface area (Å²) in [6.07, 6.45) is 8.57. The van der Waals surface area contributed by atoms with Gasteiger partial charge in [0.15, 0.2) is 5.65 Å². The van der Waals surface area contributed by atoms with Gasteiger partial charge in [0, 0.05) is 44.0 Å². The first-order valence-corrected chi connectivity index (χ1v) is 10.2. The SMILES string of the molecule is CCn1cc(-c2ccnc3c(C(=O)N(C)C(C)CCc4ccco4)cnn23)c(C)n1. The molecule has 1 atom stereocenters. The number of hydrogen-bond donors (Lipinski definition) is 0. The van der Waals surface area contributed by atoms with Crippen molar-refractivity contribution < 1.29 is 9.21 Å². The molecule has 0 aliphatic rings. The van der Waals surface area contributed by atoms with E-state index in [1.54, 1.807) is 28.1 Å². The Hall–Kier alpha value is -3.42. The van der Waals surface area contributed by atoms with Gasteiger partial charge in [-0.15, -0.1) is 0 Å². The highest BCUT2D eigenvalue weighted by atomic mass is 16.3.